The number of hydrogen-bond donors (Lipinski definition) is 2. The van der Waals surface area contributed by atoms with Crippen LogP contribution in [0.2, 0.25) is 0 Å². The van der Waals surface area contributed by atoms with E-state index in [-0.39, 0.29) is 17.9 Å². The van der Waals surface area contributed by atoms with Gasteiger partial charge in [0.05, 0.1) is 12.1 Å². The summed E-state index contributed by atoms with van der Waals surface area (Å²) in [4.78, 5) is 29.4. The highest BCUT2D eigenvalue weighted by atomic mass is 16.5. The second-order valence-corrected chi connectivity index (χ2v) is 7.22. The van der Waals surface area contributed by atoms with Crippen LogP contribution in [0, 0.1) is 13.8 Å². The molecule has 3 heterocycles. The van der Waals surface area contributed by atoms with E-state index >= 15 is 0 Å². The Bertz CT molecular complexity index is 1040. The first kappa shape index (κ1) is 17.5. The zero-order valence-corrected chi connectivity index (χ0v) is 15.5. The molecule has 0 saturated heterocycles. The van der Waals surface area contributed by atoms with Crippen molar-refractivity contribution in [3.05, 3.63) is 45.1 Å². The first-order chi connectivity index (χ1) is 13.0. The zero-order valence-electron chi connectivity index (χ0n) is 15.5. The molecule has 2 N–H and O–H groups in total. The molecule has 1 aliphatic rings. The van der Waals surface area contributed by atoms with Crippen LogP contribution >= 0.6 is 0 Å². The Balaban J connectivity index is 1.52. The third-order valence-electron chi connectivity index (χ3n) is 5.39. The van der Waals surface area contributed by atoms with Crippen molar-refractivity contribution in [2.75, 3.05) is 5.32 Å². The van der Waals surface area contributed by atoms with Gasteiger partial charge in [0.1, 0.15) is 0 Å². The third kappa shape index (κ3) is 3.27. The number of nitrogens with zero attached hydrogens (tertiary/aromatic N) is 3. The van der Waals surface area contributed by atoms with Crippen LogP contribution in [0.3, 0.4) is 0 Å². The van der Waals surface area contributed by atoms with Gasteiger partial charge in [-0.05, 0) is 26.7 Å². The van der Waals surface area contributed by atoms with Gasteiger partial charge >= 0.3 is 0 Å². The van der Waals surface area contributed by atoms with Gasteiger partial charge in [0.25, 0.3) is 5.56 Å². The number of carbonyl (C=O) groups excluding carboxylic acids is 1. The van der Waals surface area contributed by atoms with E-state index in [1.54, 1.807) is 19.2 Å². The maximum absolute atomic E-state index is 12.6. The first-order valence-electron chi connectivity index (χ1n) is 9.36. The Labute approximate surface area is 155 Å². The summed E-state index contributed by atoms with van der Waals surface area (Å²) in [6.07, 6.45) is 7.46. The summed E-state index contributed by atoms with van der Waals surface area (Å²) >= 11 is 0. The van der Waals surface area contributed by atoms with Crippen molar-refractivity contribution in [1.82, 2.24) is 19.8 Å². The van der Waals surface area contributed by atoms with Crippen LogP contribution in [-0.2, 0) is 11.2 Å². The van der Waals surface area contributed by atoms with Crippen LogP contribution in [0.15, 0.2) is 21.6 Å². The standard InChI is InChI=1S/C19H23N5O3/c1-11-17(13-6-4-3-5-7-13)23-27-18(11)22-16(25)10-14-12(2)21-15-8-9-20-24(15)19(14)26/h8-9,13,20H,3-7,10H2,1-2H3,(H,22,25). The molecule has 0 aliphatic heterocycles. The number of hydrogen-bond acceptors (Lipinski definition) is 5. The van der Waals surface area contributed by atoms with Gasteiger partial charge in [-0.15, -0.1) is 0 Å². The summed E-state index contributed by atoms with van der Waals surface area (Å²) in [5, 5.41) is 9.76. The molecule has 8 heteroatoms. The highest BCUT2D eigenvalue weighted by molar-refractivity contribution is 5.91. The lowest BCUT2D eigenvalue weighted by Crippen LogP contribution is -2.26. The molecule has 0 spiro atoms. The lowest BCUT2D eigenvalue weighted by atomic mass is 9.86. The van der Waals surface area contributed by atoms with Crippen LogP contribution in [0.1, 0.15) is 60.5 Å². The summed E-state index contributed by atoms with van der Waals surface area (Å²) in [5.41, 5.74) is 2.99. The lowest BCUT2D eigenvalue weighted by Gasteiger charge is -2.19. The lowest BCUT2D eigenvalue weighted by molar-refractivity contribution is -0.115. The van der Waals surface area contributed by atoms with Crippen molar-refractivity contribution in [1.29, 1.82) is 0 Å². The number of amides is 1. The SMILES string of the molecule is Cc1nc2cc[nH]n2c(=O)c1CC(=O)Nc1onc(C2CCCCC2)c1C. The van der Waals surface area contributed by atoms with Crippen LogP contribution in [0.25, 0.3) is 5.65 Å². The number of aromatic amines is 1. The molecular formula is C19H23N5O3. The molecular weight excluding hydrogens is 346 g/mol. The average molecular weight is 369 g/mol. The van der Waals surface area contributed by atoms with E-state index in [1.807, 2.05) is 6.92 Å². The van der Waals surface area contributed by atoms with E-state index in [9.17, 15) is 9.59 Å². The number of aromatic nitrogens is 4. The Morgan fingerprint density at radius 3 is 2.89 bits per heavy atom. The Kier molecular flexibility index (Phi) is 4.55. The smallest absolute Gasteiger partial charge is 0.276 e. The number of rotatable bonds is 4. The fourth-order valence-corrected chi connectivity index (χ4v) is 3.86. The number of nitrogens with one attached hydrogen (secondary N) is 2. The second-order valence-electron chi connectivity index (χ2n) is 7.22. The molecule has 1 aliphatic carbocycles. The van der Waals surface area contributed by atoms with Crippen molar-refractivity contribution in [2.45, 2.75) is 58.3 Å². The molecule has 1 amide bonds. The van der Waals surface area contributed by atoms with Crippen LogP contribution < -0.4 is 10.9 Å². The van der Waals surface area contributed by atoms with Gasteiger partial charge in [0, 0.05) is 35.0 Å². The zero-order chi connectivity index (χ0) is 19.0. The van der Waals surface area contributed by atoms with Crippen molar-refractivity contribution in [3.63, 3.8) is 0 Å². The predicted molar refractivity (Wildman–Crippen MR) is 99.9 cm³/mol. The normalized spacial score (nSPS) is 15.3. The van der Waals surface area contributed by atoms with Gasteiger partial charge < -0.3 is 4.52 Å². The van der Waals surface area contributed by atoms with Crippen molar-refractivity contribution in [2.24, 2.45) is 0 Å². The number of H-pyrrole nitrogens is 1. The topological polar surface area (TPSA) is 105 Å². The van der Waals surface area contributed by atoms with Gasteiger partial charge in [-0.2, -0.15) is 0 Å². The molecule has 0 unspecified atom stereocenters. The predicted octanol–water partition coefficient (Wildman–Crippen LogP) is 2.86. The van der Waals surface area contributed by atoms with Crippen molar-refractivity contribution >= 4 is 17.4 Å². The van der Waals surface area contributed by atoms with E-state index in [4.69, 9.17) is 4.52 Å². The van der Waals surface area contributed by atoms with E-state index in [0.29, 0.717) is 28.7 Å². The summed E-state index contributed by atoms with van der Waals surface area (Å²) < 4.78 is 6.72. The summed E-state index contributed by atoms with van der Waals surface area (Å²) in [7, 11) is 0. The molecule has 142 valence electrons. The Hall–Kier alpha value is -2.90. The summed E-state index contributed by atoms with van der Waals surface area (Å²) in [6.45, 7) is 3.65. The molecule has 3 aromatic rings. The highest BCUT2D eigenvalue weighted by Gasteiger charge is 2.24. The Morgan fingerprint density at radius 2 is 2.11 bits per heavy atom. The Morgan fingerprint density at radius 1 is 1.33 bits per heavy atom. The molecule has 0 radical (unpaired) electrons. The molecule has 4 rings (SSSR count). The van der Waals surface area contributed by atoms with Crippen molar-refractivity contribution in [3.8, 4) is 0 Å². The minimum absolute atomic E-state index is 0.0709. The van der Waals surface area contributed by atoms with Gasteiger partial charge in [0.2, 0.25) is 11.8 Å². The molecule has 3 aromatic heterocycles. The van der Waals surface area contributed by atoms with Gasteiger partial charge in [-0.3, -0.25) is 20.0 Å². The fourth-order valence-electron chi connectivity index (χ4n) is 3.86. The van der Waals surface area contributed by atoms with Crippen LogP contribution in [0.5, 0.6) is 0 Å². The molecule has 1 fully saturated rings. The first-order valence-corrected chi connectivity index (χ1v) is 9.36. The second kappa shape index (κ2) is 7.02. The van der Waals surface area contributed by atoms with E-state index in [2.05, 4.69) is 20.6 Å². The quantitative estimate of drug-likeness (QED) is 0.736. The molecule has 0 atom stereocenters. The summed E-state index contributed by atoms with van der Waals surface area (Å²) in [5.74, 6) is 0.449. The number of anilines is 1. The molecule has 8 nitrogen and oxygen atoms in total. The van der Waals surface area contributed by atoms with E-state index < -0.39 is 0 Å². The maximum atomic E-state index is 12.6. The molecule has 0 bridgehead atoms. The highest BCUT2D eigenvalue weighted by Crippen LogP contribution is 2.35. The monoisotopic (exact) mass is 369 g/mol. The number of carbonyl (C=O) groups is 1. The largest absolute Gasteiger partial charge is 0.338 e. The third-order valence-corrected chi connectivity index (χ3v) is 5.39. The van der Waals surface area contributed by atoms with E-state index in [1.165, 1.54) is 23.8 Å². The summed E-state index contributed by atoms with van der Waals surface area (Å²) in [6, 6.07) is 1.71. The van der Waals surface area contributed by atoms with Crippen LogP contribution in [-0.4, -0.2) is 25.7 Å². The molecule has 1 saturated carbocycles. The van der Waals surface area contributed by atoms with E-state index in [0.717, 1.165) is 24.1 Å². The number of aryl methyl sites for hydroxylation is 1. The average Bonchev–Trinajstić information content (AvgIpc) is 3.27. The number of fused-ring (bicyclic) bond motifs is 1. The van der Waals surface area contributed by atoms with Gasteiger partial charge in [0.15, 0.2) is 5.65 Å². The van der Waals surface area contributed by atoms with Gasteiger partial charge in [-0.1, -0.05) is 24.4 Å². The minimum Gasteiger partial charge on any atom is -0.338 e. The molecule has 0 aromatic carbocycles. The molecule has 27 heavy (non-hydrogen) atoms. The maximum Gasteiger partial charge on any atom is 0.276 e. The fraction of sp³-hybridized carbons (Fsp3) is 0.474. The van der Waals surface area contributed by atoms with Crippen LogP contribution in [0.4, 0.5) is 5.88 Å². The van der Waals surface area contributed by atoms with Crippen molar-refractivity contribution < 1.29 is 9.32 Å². The minimum atomic E-state index is -0.321. The van der Waals surface area contributed by atoms with Gasteiger partial charge in [-0.25, -0.2) is 9.50 Å².